The maximum Gasteiger partial charge on any atom is 0.342 e. The third-order valence-corrected chi connectivity index (χ3v) is 5.34. The molecule has 2 aromatic carbocycles. The minimum atomic E-state index is -0.586. The predicted octanol–water partition coefficient (Wildman–Crippen LogP) is 1.93. The Hall–Kier alpha value is -2.87. The van der Waals surface area contributed by atoms with Gasteiger partial charge >= 0.3 is 5.97 Å². The first-order chi connectivity index (χ1) is 15.2. The van der Waals surface area contributed by atoms with Gasteiger partial charge < -0.3 is 28.6 Å². The van der Waals surface area contributed by atoms with Crippen molar-refractivity contribution < 1.29 is 33.4 Å². The van der Waals surface area contributed by atoms with Crippen molar-refractivity contribution in [3.63, 3.8) is 0 Å². The van der Waals surface area contributed by atoms with Gasteiger partial charge in [0.2, 0.25) is 0 Å². The van der Waals surface area contributed by atoms with Gasteiger partial charge in [-0.05, 0) is 25.1 Å². The normalized spacial score (nSPS) is 15.7. The number of ether oxygens (including phenoxy) is 3. The summed E-state index contributed by atoms with van der Waals surface area (Å²) in [7, 11) is 0. The zero-order chi connectivity index (χ0) is 21.6. The first-order valence-electron chi connectivity index (χ1n) is 10.7. The minimum absolute atomic E-state index is 0.175. The van der Waals surface area contributed by atoms with Gasteiger partial charge in [-0.3, -0.25) is 0 Å². The summed E-state index contributed by atoms with van der Waals surface area (Å²) < 4.78 is 22.5. The van der Waals surface area contributed by atoms with E-state index in [2.05, 4.69) is 0 Å². The highest BCUT2D eigenvalue weighted by Crippen LogP contribution is 2.36. The Bertz CT molecular complexity index is 1010. The van der Waals surface area contributed by atoms with Crippen LogP contribution >= 0.6 is 0 Å². The molecule has 164 valence electrons. The van der Waals surface area contributed by atoms with Crippen molar-refractivity contribution in [2.45, 2.75) is 13.0 Å². The van der Waals surface area contributed by atoms with Crippen LogP contribution in [0.4, 0.5) is 0 Å². The van der Waals surface area contributed by atoms with Gasteiger partial charge in [-0.2, -0.15) is 0 Å². The van der Waals surface area contributed by atoms with E-state index in [1.165, 1.54) is 4.90 Å². The van der Waals surface area contributed by atoms with Crippen molar-refractivity contribution in [2.24, 2.45) is 0 Å². The van der Waals surface area contributed by atoms with Crippen LogP contribution in [0.5, 0.6) is 5.75 Å². The molecular formula is C24H28NO6+. The summed E-state index contributed by atoms with van der Waals surface area (Å²) in [5.41, 5.74) is 1.76. The van der Waals surface area contributed by atoms with Crippen molar-refractivity contribution >= 4 is 16.9 Å². The summed E-state index contributed by atoms with van der Waals surface area (Å²) in [6, 6.07) is 14.8. The molecule has 2 heterocycles. The largest absolute Gasteiger partial charge is 0.491 e. The Morgan fingerprint density at radius 3 is 2.68 bits per heavy atom. The Morgan fingerprint density at radius 1 is 1.16 bits per heavy atom. The van der Waals surface area contributed by atoms with Crippen molar-refractivity contribution in [1.29, 1.82) is 0 Å². The summed E-state index contributed by atoms with van der Waals surface area (Å²) in [4.78, 5) is 14.0. The molecule has 0 aliphatic carbocycles. The number of nitrogens with one attached hydrogen (secondary N) is 1. The zero-order valence-electron chi connectivity index (χ0n) is 17.6. The number of carbonyl (C=O) groups is 1. The minimum Gasteiger partial charge on any atom is -0.491 e. The van der Waals surface area contributed by atoms with Crippen LogP contribution < -0.4 is 9.64 Å². The fourth-order valence-corrected chi connectivity index (χ4v) is 3.81. The van der Waals surface area contributed by atoms with E-state index < -0.39 is 12.1 Å². The molecule has 0 unspecified atom stereocenters. The summed E-state index contributed by atoms with van der Waals surface area (Å²) in [6.45, 7) is 6.06. The number of hydrogen-bond donors (Lipinski definition) is 2. The van der Waals surface area contributed by atoms with E-state index in [1.807, 2.05) is 30.3 Å². The van der Waals surface area contributed by atoms with Crippen LogP contribution in [-0.2, 0) is 9.47 Å². The van der Waals surface area contributed by atoms with Crippen molar-refractivity contribution in [3.8, 4) is 17.1 Å². The molecule has 0 saturated carbocycles. The predicted molar refractivity (Wildman–Crippen MR) is 115 cm³/mol. The van der Waals surface area contributed by atoms with Crippen LogP contribution in [0, 0.1) is 0 Å². The van der Waals surface area contributed by atoms with Gasteiger partial charge in [0.25, 0.3) is 0 Å². The van der Waals surface area contributed by atoms with Gasteiger partial charge in [0, 0.05) is 10.9 Å². The van der Waals surface area contributed by atoms with Gasteiger partial charge in [-0.15, -0.1) is 0 Å². The van der Waals surface area contributed by atoms with Gasteiger partial charge in [0.05, 0.1) is 19.8 Å². The topological polar surface area (TPSA) is 82.6 Å². The van der Waals surface area contributed by atoms with Crippen LogP contribution in [0.15, 0.2) is 52.9 Å². The van der Waals surface area contributed by atoms with Crippen LogP contribution in [0.3, 0.4) is 0 Å². The fraction of sp³-hybridized carbons (Fsp3) is 0.375. The number of rotatable bonds is 8. The Kier molecular flexibility index (Phi) is 6.86. The molecule has 31 heavy (non-hydrogen) atoms. The lowest BCUT2D eigenvalue weighted by Gasteiger charge is -2.25. The van der Waals surface area contributed by atoms with Crippen LogP contribution in [0.25, 0.3) is 22.3 Å². The van der Waals surface area contributed by atoms with E-state index >= 15 is 0 Å². The highest BCUT2D eigenvalue weighted by Gasteiger charge is 2.24. The molecular weight excluding hydrogens is 398 g/mol. The average molecular weight is 426 g/mol. The quantitative estimate of drug-likeness (QED) is 0.536. The van der Waals surface area contributed by atoms with Gasteiger partial charge in [0.15, 0.2) is 0 Å². The van der Waals surface area contributed by atoms with E-state index in [-0.39, 0.29) is 13.2 Å². The van der Waals surface area contributed by atoms with Crippen molar-refractivity contribution in [2.75, 3.05) is 46.1 Å². The van der Waals surface area contributed by atoms with E-state index in [0.717, 1.165) is 31.9 Å². The molecule has 1 fully saturated rings. The zero-order valence-corrected chi connectivity index (χ0v) is 17.6. The number of morpholine rings is 1. The number of aliphatic hydroxyl groups excluding tert-OH is 1. The Labute approximate surface area is 181 Å². The van der Waals surface area contributed by atoms with Crippen LogP contribution in [0.1, 0.15) is 17.3 Å². The lowest BCUT2D eigenvalue weighted by molar-refractivity contribution is -0.911. The molecule has 1 aromatic heterocycles. The molecule has 7 nitrogen and oxygen atoms in total. The second kappa shape index (κ2) is 9.96. The first kappa shape index (κ1) is 21.4. The molecule has 1 aliphatic heterocycles. The molecule has 0 bridgehead atoms. The first-order valence-corrected chi connectivity index (χ1v) is 10.7. The second-order valence-corrected chi connectivity index (χ2v) is 7.58. The second-order valence-electron chi connectivity index (χ2n) is 7.58. The smallest absolute Gasteiger partial charge is 0.342 e. The molecule has 7 heteroatoms. The summed E-state index contributed by atoms with van der Waals surface area (Å²) in [5, 5.41) is 11.0. The summed E-state index contributed by atoms with van der Waals surface area (Å²) in [5.74, 6) is 0.602. The number of carbonyl (C=O) groups excluding carboxylic acids is 1. The average Bonchev–Trinajstić information content (AvgIpc) is 3.18. The molecule has 1 atom stereocenters. The maximum absolute atomic E-state index is 12.7. The molecule has 2 N–H and O–H groups in total. The highest BCUT2D eigenvalue weighted by molar-refractivity contribution is 6.09. The number of esters is 1. The molecule has 1 saturated heterocycles. The van der Waals surface area contributed by atoms with Crippen molar-refractivity contribution in [3.05, 3.63) is 54.1 Å². The third-order valence-electron chi connectivity index (χ3n) is 5.34. The lowest BCUT2D eigenvalue weighted by atomic mass is 10.1. The third kappa shape index (κ3) is 5.07. The molecule has 0 spiro atoms. The van der Waals surface area contributed by atoms with E-state index in [0.29, 0.717) is 34.6 Å². The monoisotopic (exact) mass is 426 g/mol. The Morgan fingerprint density at radius 2 is 1.94 bits per heavy atom. The van der Waals surface area contributed by atoms with E-state index in [9.17, 15) is 9.90 Å². The number of hydrogen-bond acceptors (Lipinski definition) is 6. The summed E-state index contributed by atoms with van der Waals surface area (Å²) >= 11 is 0. The van der Waals surface area contributed by atoms with E-state index in [4.69, 9.17) is 18.6 Å². The summed E-state index contributed by atoms with van der Waals surface area (Å²) in [6.07, 6.45) is -0.586. The molecule has 1 aliphatic rings. The SMILES string of the molecule is CCOC(=O)c1c(-c2ccccc2)oc2ccc(OC[C@H](O)C[NH+]3CCOCC3)cc12. The number of quaternary nitrogens is 1. The number of furan rings is 1. The standard InChI is InChI=1S/C24H27NO6/c1-2-29-24(27)22-20-14-19(30-16-18(26)15-25-10-12-28-13-11-25)8-9-21(20)31-23(22)17-6-4-3-5-7-17/h3-9,14,18,26H,2,10-13,15-16H2,1H3/p+1/t18-/m1/s1. The number of fused-ring (bicyclic) bond motifs is 1. The Balaban J connectivity index is 1.55. The lowest BCUT2D eigenvalue weighted by Crippen LogP contribution is -3.15. The van der Waals surface area contributed by atoms with Crippen molar-refractivity contribution in [1.82, 2.24) is 0 Å². The van der Waals surface area contributed by atoms with E-state index in [1.54, 1.807) is 25.1 Å². The van der Waals surface area contributed by atoms with Gasteiger partial charge in [0.1, 0.15) is 55.0 Å². The number of aliphatic hydroxyl groups is 1. The molecule has 0 radical (unpaired) electrons. The molecule has 3 aromatic rings. The number of benzene rings is 2. The molecule has 4 rings (SSSR count). The van der Waals surface area contributed by atoms with Crippen LogP contribution in [-0.4, -0.2) is 63.2 Å². The molecule has 0 amide bonds. The van der Waals surface area contributed by atoms with Gasteiger partial charge in [-0.25, -0.2) is 4.79 Å². The van der Waals surface area contributed by atoms with Crippen LogP contribution in [0.2, 0.25) is 0 Å². The fourth-order valence-electron chi connectivity index (χ4n) is 3.81. The highest BCUT2D eigenvalue weighted by atomic mass is 16.5. The van der Waals surface area contributed by atoms with Gasteiger partial charge in [-0.1, -0.05) is 30.3 Å². The maximum atomic E-state index is 12.7.